The van der Waals surface area contributed by atoms with Crippen molar-refractivity contribution < 1.29 is 22.7 Å². The van der Waals surface area contributed by atoms with E-state index in [0.717, 1.165) is 0 Å². The van der Waals surface area contributed by atoms with E-state index in [1.54, 1.807) is 24.3 Å². The lowest BCUT2D eigenvalue weighted by atomic mass is 10.2. The van der Waals surface area contributed by atoms with E-state index in [4.69, 9.17) is 16.3 Å². The molecule has 3 N–H and O–H groups in total. The van der Waals surface area contributed by atoms with Crippen LogP contribution in [0, 0.1) is 0 Å². The molecule has 1 atom stereocenters. The standard InChI is InChI=1S/C18H20ClN3O5S/c1-11(18(24)21-15-7-5-14(6-8-15)20-12(2)23)22-28(25,26)17-10-13(19)4-9-16(17)27-3/h4-11,22H,1-3H3,(H,20,23)(H,21,24)/t11-/m1/s1. The Hall–Kier alpha value is -2.62. The van der Waals surface area contributed by atoms with E-state index in [1.165, 1.54) is 39.2 Å². The second kappa shape index (κ2) is 9.05. The van der Waals surface area contributed by atoms with Crippen molar-refractivity contribution in [1.82, 2.24) is 4.72 Å². The molecule has 0 saturated carbocycles. The zero-order valence-corrected chi connectivity index (χ0v) is 17.0. The van der Waals surface area contributed by atoms with E-state index in [2.05, 4.69) is 15.4 Å². The maximum absolute atomic E-state index is 12.6. The summed E-state index contributed by atoms with van der Waals surface area (Å²) in [4.78, 5) is 23.2. The first-order chi connectivity index (χ1) is 13.1. The van der Waals surface area contributed by atoms with Gasteiger partial charge in [-0.2, -0.15) is 4.72 Å². The summed E-state index contributed by atoms with van der Waals surface area (Å²) in [6.07, 6.45) is 0. The maximum atomic E-state index is 12.6. The van der Waals surface area contributed by atoms with Crippen LogP contribution < -0.4 is 20.1 Å². The van der Waals surface area contributed by atoms with Crippen molar-refractivity contribution in [2.45, 2.75) is 24.8 Å². The van der Waals surface area contributed by atoms with Gasteiger partial charge in [-0.05, 0) is 49.4 Å². The molecule has 0 unspecified atom stereocenters. The summed E-state index contributed by atoms with van der Waals surface area (Å²) >= 11 is 5.88. The minimum absolute atomic E-state index is 0.109. The highest BCUT2D eigenvalue weighted by Crippen LogP contribution is 2.27. The van der Waals surface area contributed by atoms with E-state index in [9.17, 15) is 18.0 Å². The molecule has 8 nitrogen and oxygen atoms in total. The maximum Gasteiger partial charge on any atom is 0.245 e. The molecule has 2 amide bonds. The highest BCUT2D eigenvalue weighted by Gasteiger charge is 2.25. The number of sulfonamides is 1. The fourth-order valence-electron chi connectivity index (χ4n) is 2.30. The first-order valence-electron chi connectivity index (χ1n) is 8.17. The Kier molecular flexibility index (Phi) is 7.00. The summed E-state index contributed by atoms with van der Waals surface area (Å²) in [5.41, 5.74) is 1.03. The molecule has 0 aliphatic carbocycles. The second-order valence-corrected chi connectivity index (χ2v) is 8.00. The van der Waals surface area contributed by atoms with Crippen molar-refractivity contribution in [1.29, 1.82) is 0 Å². The zero-order chi connectivity index (χ0) is 20.9. The Morgan fingerprint density at radius 3 is 2.14 bits per heavy atom. The van der Waals surface area contributed by atoms with Gasteiger partial charge in [0, 0.05) is 23.3 Å². The number of hydrogen-bond donors (Lipinski definition) is 3. The lowest BCUT2D eigenvalue weighted by Gasteiger charge is -2.16. The van der Waals surface area contributed by atoms with Crippen LogP contribution in [-0.2, 0) is 19.6 Å². The summed E-state index contributed by atoms with van der Waals surface area (Å²) in [6.45, 7) is 2.80. The predicted molar refractivity (Wildman–Crippen MR) is 107 cm³/mol. The Morgan fingerprint density at radius 2 is 1.61 bits per heavy atom. The smallest absolute Gasteiger partial charge is 0.245 e. The van der Waals surface area contributed by atoms with E-state index in [-0.39, 0.29) is 21.6 Å². The number of hydrogen-bond acceptors (Lipinski definition) is 5. The molecule has 2 aromatic carbocycles. The Labute approximate surface area is 168 Å². The van der Waals surface area contributed by atoms with Gasteiger partial charge < -0.3 is 15.4 Å². The summed E-state index contributed by atoms with van der Waals surface area (Å²) < 4.78 is 32.6. The van der Waals surface area contributed by atoms with Crippen LogP contribution >= 0.6 is 11.6 Å². The molecule has 0 aliphatic rings. The van der Waals surface area contributed by atoms with E-state index < -0.39 is 22.0 Å². The molecular weight excluding hydrogens is 406 g/mol. The van der Waals surface area contributed by atoms with Gasteiger partial charge in [0.05, 0.1) is 13.2 Å². The van der Waals surface area contributed by atoms with E-state index in [1.807, 2.05) is 0 Å². The largest absolute Gasteiger partial charge is 0.495 e. The average molecular weight is 426 g/mol. The van der Waals surface area contributed by atoms with Crippen LogP contribution in [0.3, 0.4) is 0 Å². The third-order valence-corrected chi connectivity index (χ3v) is 5.41. The lowest BCUT2D eigenvalue weighted by molar-refractivity contribution is -0.117. The molecule has 0 fully saturated rings. The van der Waals surface area contributed by atoms with E-state index in [0.29, 0.717) is 11.4 Å². The number of halogens is 1. The third kappa shape index (κ3) is 5.69. The van der Waals surface area contributed by atoms with Crippen LogP contribution in [0.25, 0.3) is 0 Å². The Balaban J connectivity index is 2.09. The fraction of sp³-hybridized carbons (Fsp3) is 0.222. The second-order valence-electron chi connectivity index (χ2n) is 5.89. The lowest BCUT2D eigenvalue weighted by Crippen LogP contribution is -2.41. The van der Waals surface area contributed by atoms with Gasteiger partial charge in [0.1, 0.15) is 10.6 Å². The summed E-state index contributed by atoms with van der Waals surface area (Å²) in [7, 11) is -2.71. The number of carbonyl (C=O) groups excluding carboxylic acids is 2. The SMILES string of the molecule is COc1ccc(Cl)cc1S(=O)(=O)N[C@H](C)C(=O)Nc1ccc(NC(C)=O)cc1. The van der Waals surface area contributed by atoms with E-state index >= 15 is 0 Å². The van der Waals surface area contributed by atoms with Crippen molar-refractivity contribution in [3.8, 4) is 5.75 Å². The number of nitrogens with one attached hydrogen (secondary N) is 3. The molecule has 0 aromatic heterocycles. The van der Waals surface area contributed by atoms with Gasteiger partial charge >= 0.3 is 0 Å². The quantitative estimate of drug-likeness (QED) is 0.631. The first-order valence-corrected chi connectivity index (χ1v) is 10.0. The van der Waals surface area contributed by atoms with Crippen molar-refractivity contribution in [3.05, 3.63) is 47.5 Å². The van der Waals surface area contributed by atoms with Gasteiger partial charge in [0.2, 0.25) is 21.8 Å². The van der Waals surface area contributed by atoms with Gasteiger partial charge in [-0.15, -0.1) is 0 Å². The Bertz CT molecular complexity index is 977. The zero-order valence-electron chi connectivity index (χ0n) is 15.4. The monoisotopic (exact) mass is 425 g/mol. The van der Waals surface area contributed by atoms with Gasteiger partial charge in [-0.25, -0.2) is 8.42 Å². The number of methoxy groups -OCH3 is 1. The van der Waals surface area contributed by atoms with Crippen LogP contribution in [0.5, 0.6) is 5.75 Å². The van der Waals surface area contributed by atoms with Crippen LogP contribution in [-0.4, -0.2) is 33.4 Å². The van der Waals surface area contributed by atoms with Crippen molar-refractivity contribution >= 4 is 44.8 Å². The molecular formula is C18H20ClN3O5S. The first kappa shape index (κ1) is 21.7. The van der Waals surface area contributed by atoms with Crippen molar-refractivity contribution in [2.75, 3.05) is 17.7 Å². The fourth-order valence-corrected chi connectivity index (χ4v) is 3.94. The molecule has 0 radical (unpaired) electrons. The summed E-state index contributed by atoms with van der Waals surface area (Å²) in [6, 6.07) is 9.51. The molecule has 10 heteroatoms. The van der Waals surface area contributed by atoms with Gasteiger partial charge in [0.25, 0.3) is 0 Å². The number of benzene rings is 2. The topological polar surface area (TPSA) is 114 Å². The van der Waals surface area contributed by atoms with Crippen LogP contribution in [0.4, 0.5) is 11.4 Å². The summed E-state index contributed by atoms with van der Waals surface area (Å²) in [5.74, 6) is -0.661. The normalized spacial score (nSPS) is 12.1. The number of ether oxygens (including phenoxy) is 1. The molecule has 0 heterocycles. The highest BCUT2D eigenvalue weighted by molar-refractivity contribution is 7.89. The van der Waals surface area contributed by atoms with Crippen LogP contribution in [0.2, 0.25) is 5.02 Å². The van der Waals surface area contributed by atoms with Gasteiger partial charge in [-0.3, -0.25) is 9.59 Å². The van der Waals surface area contributed by atoms with Crippen LogP contribution in [0.15, 0.2) is 47.4 Å². The highest BCUT2D eigenvalue weighted by atomic mass is 35.5. The molecule has 0 saturated heterocycles. The molecule has 150 valence electrons. The molecule has 0 spiro atoms. The van der Waals surface area contributed by atoms with Crippen molar-refractivity contribution in [2.24, 2.45) is 0 Å². The molecule has 0 bridgehead atoms. The number of anilines is 2. The van der Waals surface area contributed by atoms with Crippen molar-refractivity contribution in [3.63, 3.8) is 0 Å². The van der Waals surface area contributed by atoms with Gasteiger partial charge in [0.15, 0.2) is 0 Å². The molecule has 28 heavy (non-hydrogen) atoms. The summed E-state index contributed by atoms with van der Waals surface area (Å²) in [5, 5.41) is 5.43. The Morgan fingerprint density at radius 1 is 1.04 bits per heavy atom. The minimum Gasteiger partial charge on any atom is -0.495 e. The molecule has 0 aliphatic heterocycles. The van der Waals surface area contributed by atoms with Gasteiger partial charge in [-0.1, -0.05) is 11.6 Å². The number of carbonyl (C=O) groups is 2. The third-order valence-electron chi connectivity index (χ3n) is 3.61. The van der Waals surface area contributed by atoms with Crippen LogP contribution in [0.1, 0.15) is 13.8 Å². The number of rotatable bonds is 7. The molecule has 2 rings (SSSR count). The molecule has 2 aromatic rings. The minimum atomic E-state index is -4.05. The average Bonchev–Trinajstić information content (AvgIpc) is 2.62. The predicted octanol–water partition coefficient (Wildman–Crippen LogP) is 2.61. The number of amides is 2.